The molecule has 2 saturated heterocycles. The molecular weight excluding hydrogens is 246 g/mol. The van der Waals surface area contributed by atoms with Gasteiger partial charge in [0.25, 0.3) is 0 Å². The van der Waals surface area contributed by atoms with E-state index in [4.69, 9.17) is 0 Å². The highest BCUT2D eigenvalue weighted by Crippen LogP contribution is 2.44. The molecule has 0 spiro atoms. The Balaban J connectivity index is 1.81. The van der Waals surface area contributed by atoms with Crippen LogP contribution in [0.15, 0.2) is 18.7 Å². The number of hydrogen-bond donors (Lipinski definition) is 1. The molecule has 2 aliphatic heterocycles. The molecule has 19 heavy (non-hydrogen) atoms. The summed E-state index contributed by atoms with van der Waals surface area (Å²) < 4.78 is 1.82. The van der Waals surface area contributed by atoms with E-state index >= 15 is 0 Å². The van der Waals surface area contributed by atoms with Crippen molar-refractivity contribution in [1.82, 2.24) is 19.6 Å². The summed E-state index contributed by atoms with van der Waals surface area (Å²) in [5.74, 6) is -0.231. The molecule has 7 heteroatoms. The highest BCUT2D eigenvalue weighted by atomic mass is 16.4. The number of hydrogen-bond acceptors (Lipinski definition) is 5. The zero-order chi connectivity index (χ0) is 13.0. The van der Waals surface area contributed by atoms with Crippen molar-refractivity contribution in [3.63, 3.8) is 0 Å². The predicted molar refractivity (Wildman–Crippen MR) is 65.8 cm³/mol. The van der Waals surface area contributed by atoms with Crippen molar-refractivity contribution in [3.05, 3.63) is 18.7 Å². The van der Waals surface area contributed by atoms with E-state index in [-0.39, 0.29) is 18.0 Å². The Hall–Kier alpha value is -2.18. The molecule has 0 aliphatic carbocycles. The maximum atomic E-state index is 11.3. The van der Waals surface area contributed by atoms with Crippen LogP contribution < -0.4 is 4.90 Å². The maximum Gasteiger partial charge on any atom is 0.308 e. The molecule has 0 saturated carbocycles. The van der Waals surface area contributed by atoms with E-state index in [0.717, 1.165) is 18.7 Å². The zero-order valence-corrected chi connectivity index (χ0v) is 10.2. The van der Waals surface area contributed by atoms with Gasteiger partial charge in [-0.2, -0.15) is 0 Å². The predicted octanol–water partition coefficient (Wildman–Crippen LogP) is 0.566. The van der Waals surface area contributed by atoms with Gasteiger partial charge in [0.15, 0.2) is 5.82 Å². The number of nitrogens with zero attached hydrogens (tertiary/aromatic N) is 5. The number of anilines is 1. The fraction of sp³-hybridized carbons (Fsp3) is 0.500. The number of carboxylic acids is 1. The molecule has 1 N–H and O–H groups in total. The first-order valence-electron chi connectivity index (χ1n) is 6.41. The fourth-order valence-electron chi connectivity index (χ4n) is 3.51. The highest BCUT2D eigenvalue weighted by molar-refractivity contribution is 5.75. The molecule has 2 aromatic heterocycles. The average molecular weight is 259 g/mol. The Morgan fingerprint density at radius 1 is 1.42 bits per heavy atom. The van der Waals surface area contributed by atoms with Gasteiger partial charge in [-0.3, -0.25) is 9.20 Å². The van der Waals surface area contributed by atoms with Gasteiger partial charge in [0.1, 0.15) is 6.33 Å². The Labute approximate surface area is 108 Å². The molecule has 3 unspecified atom stereocenters. The second-order valence-corrected chi connectivity index (χ2v) is 5.20. The summed E-state index contributed by atoms with van der Waals surface area (Å²) in [6.45, 7) is 0. The number of aliphatic carboxylic acids is 1. The summed E-state index contributed by atoms with van der Waals surface area (Å²) in [6, 6.07) is 0.305. The van der Waals surface area contributed by atoms with Crippen molar-refractivity contribution in [2.45, 2.75) is 31.3 Å². The van der Waals surface area contributed by atoms with Gasteiger partial charge in [0.05, 0.1) is 5.92 Å². The first-order valence-corrected chi connectivity index (χ1v) is 6.41. The van der Waals surface area contributed by atoms with Gasteiger partial charge in [0, 0.05) is 24.5 Å². The molecule has 2 fully saturated rings. The second kappa shape index (κ2) is 3.66. The topological polar surface area (TPSA) is 83.6 Å². The van der Waals surface area contributed by atoms with Crippen LogP contribution in [-0.4, -0.2) is 42.7 Å². The largest absolute Gasteiger partial charge is 0.481 e. The van der Waals surface area contributed by atoms with E-state index in [2.05, 4.69) is 20.1 Å². The standard InChI is InChI=1S/C12H13N5O2/c18-12(19)8-5-7-1-2-9(8)17(7)10-11-15-14-6-16(11)4-3-13-10/h3-4,6-9H,1-2,5H2,(H,18,19). The molecule has 2 bridgehead atoms. The lowest BCUT2D eigenvalue weighted by molar-refractivity contribution is -0.142. The molecule has 2 aromatic rings. The minimum atomic E-state index is -0.703. The Kier molecular flexibility index (Phi) is 2.06. The first kappa shape index (κ1) is 10.7. The van der Waals surface area contributed by atoms with Crippen molar-refractivity contribution in [1.29, 1.82) is 0 Å². The van der Waals surface area contributed by atoms with Crippen LogP contribution in [0.1, 0.15) is 19.3 Å². The van der Waals surface area contributed by atoms with Gasteiger partial charge < -0.3 is 10.0 Å². The average Bonchev–Trinajstić information content (AvgIpc) is 3.11. The third kappa shape index (κ3) is 1.38. The lowest BCUT2D eigenvalue weighted by Crippen LogP contribution is -2.33. The van der Waals surface area contributed by atoms with Crippen LogP contribution in [0.25, 0.3) is 5.65 Å². The number of carbonyl (C=O) groups is 1. The molecule has 0 amide bonds. The number of fused-ring (bicyclic) bond motifs is 3. The van der Waals surface area contributed by atoms with E-state index in [1.165, 1.54) is 0 Å². The van der Waals surface area contributed by atoms with Gasteiger partial charge in [-0.1, -0.05) is 0 Å². The lowest BCUT2D eigenvalue weighted by Gasteiger charge is -2.23. The van der Waals surface area contributed by atoms with E-state index in [9.17, 15) is 9.90 Å². The number of aromatic nitrogens is 4. The minimum absolute atomic E-state index is 0.0397. The van der Waals surface area contributed by atoms with Crippen LogP contribution in [-0.2, 0) is 4.79 Å². The summed E-state index contributed by atoms with van der Waals surface area (Å²) >= 11 is 0. The normalized spacial score (nSPS) is 29.3. The van der Waals surface area contributed by atoms with Gasteiger partial charge >= 0.3 is 5.97 Å². The molecule has 3 atom stereocenters. The van der Waals surface area contributed by atoms with Crippen LogP contribution >= 0.6 is 0 Å². The highest BCUT2D eigenvalue weighted by Gasteiger charge is 2.50. The second-order valence-electron chi connectivity index (χ2n) is 5.20. The quantitative estimate of drug-likeness (QED) is 0.848. The van der Waals surface area contributed by atoms with Gasteiger partial charge in [-0.25, -0.2) is 4.98 Å². The van der Waals surface area contributed by atoms with Crippen LogP contribution in [0, 0.1) is 5.92 Å². The third-order valence-electron chi connectivity index (χ3n) is 4.30. The van der Waals surface area contributed by atoms with Crippen LogP contribution in [0.2, 0.25) is 0 Å². The lowest BCUT2D eigenvalue weighted by atomic mass is 9.89. The van der Waals surface area contributed by atoms with E-state index in [1.54, 1.807) is 18.7 Å². The molecule has 0 radical (unpaired) electrons. The summed E-state index contributed by atoms with van der Waals surface area (Å²) in [7, 11) is 0. The fourth-order valence-corrected chi connectivity index (χ4v) is 3.51. The zero-order valence-electron chi connectivity index (χ0n) is 10.2. The van der Waals surface area contributed by atoms with E-state index in [1.807, 2.05) is 4.40 Å². The number of carboxylic acid groups (broad SMARTS) is 1. The Morgan fingerprint density at radius 3 is 3.11 bits per heavy atom. The molecule has 7 nitrogen and oxygen atoms in total. The maximum absolute atomic E-state index is 11.3. The Morgan fingerprint density at radius 2 is 2.32 bits per heavy atom. The van der Waals surface area contributed by atoms with Crippen molar-refractivity contribution < 1.29 is 9.90 Å². The third-order valence-corrected chi connectivity index (χ3v) is 4.30. The van der Waals surface area contributed by atoms with Crippen LogP contribution in [0.4, 0.5) is 5.82 Å². The van der Waals surface area contributed by atoms with Gasteiger partial charge in [0.2, 0.25) is 5.65 Å². The molecule has 4 rings (SSSR count). The summed E-state index contributed by atoms with van der Waals surface area (Å²) in [5.41, 5.74) is 0.699. The summed E-state index contributed by atoms with van der Waals surface area (Å²) in [4.78, 5) is 17.8. The van der Waals surface area contributed by atoms with Gasteiger partial charge in [-0.15, -0.1) is 10.2 Å². The first-order chi connectivity index (χ1) is 9.25. The molecule has 0 aromatic carbocycles. The minimum Gasteiger partial charge on any atom is -0.481 e. The van der Waals surface area contributed by atoms with Gasteiger partial charge in [-0.05, 0) is 19.3 Å². The van der Waals surface area contributed by atoms with Crippen LogP contribution in [0.3, 0.4) is 0 Å². The van der Waals surface area contributed by atoms with Crippen molar-refractivity contribution in [3.8, 4) is 0 Å². The smallest absolute Gasteiger partial charge is 0.308 e. The van der Waals surface area contributed by atoms with Crippen molar-refractivity contribution >= 4 is 17.4 Å². The molecule has 98 valence electrons. The Bertz CT molecular complexity index is 654. The molecular formula is C12H13N5O2. The van der Waals surface area contributed by atoms with Crippen LogP contribution in [0.5, 0.6) is 0 Å². The number of rotatable bonds is 2. The molecule has 2 aliphatic rings. The van der Waals surface area contributed by atoms with Crippen molar-refractivity contribution in [2.24, 2.45) is 5.92 Å². The van der Waals surface area contributed by atoms with Crippen molar-refractivity contribution in [2.75, 3.05) is 4.90 Å². The molecule has 4 heterocycles. The summed E-state index contributed by atoms with van der Waals surface area (Å²) in [5, 5.41) is 17.3. The SMILES string of the molecule is O=C(O)C1CC2CCC1N2c1nccn2cnnc12. The van der Waals surface area contributed by atoms with E-state index < -0.39 is 5.97 Å². The summed E-state index contributed by atoms with van der Waals surface area (Å²) in [6.07, 6.45) is 7.79. The van der Waals surface area contributed by atoms with E-state index in [0.29, 0.717) is 12.1 Å². The monoisotopic (exact) mass is 259 g/mol.